The second-order valence-electron chi connectivity index (χ2n) is 7.58. The number of aromatic nitrogens is 4. The van der Waals surface area contributed by atoms with Crippen LogP contribution in [-0.2, 0) is 10.5 Å². The van der Waals surface area contributed by atoms with E-state index < -0.39 is 6.04 Å². The Morgan fingerprint density at radius 1 is 1.19 bits per heavy atom. The van der Waals surface area contributed by atoms with Crippen molar-refractivity contribution in [1.29, 1.82) is 0 Å². The molecule has 8 nitrogen and oxygen atoms in total. The molecule has 0 unspecified atom stereocenters. The summed E-state index contributed by atoms with van der Waals surface area (Å²) in [6.07, 6.45) is 3.92. The second kappa shape index (κ2) is 8.66. The van der Waals surface area contributed by atoms with Crippen molar-refractivity contribution in [3.63, 3.8) is 0 Å². The Morgan fingerprint density at radius 3 is 2.88 bits per heavy atom. The van der Waals surface area contributed by atoms with Crippen molar-refractivity contribution in [2.75, 3.05) is 19.5 Å². The Kier molecular flexibility index (Phi) is 5.57. The molecular formula is C23H23N5O3S. The van der Waals surface area contributed by atoms with Crippen LogP contribution in [0.5, 0.6) is 11.5 Å². The molecule has 0 radical (unpaired) electrons. The van der Waals surface area contributed by atoms with Crippen molar-refractivity contribution in [2.24, 2.45) is 0 Å². The molecule has 164 valence electrons. The molecule has 0 bridgehead atoms. The lowest BCUT2D eigenvalue weighted by Crippen LogP contribution is -2.31. The lowest BCUT2D eigenvalue weighted by molar-refractivity contribution is -0.116. The van der Waals surface area contributed by atoms with Gasteiger partial charge in [-0.15, -0.1) is 5.10 Å². The number of nitrogens with one attached hydrogen (secondary N) is 1. The van der Waals surface area contributed by atoms with E-state index in [2.05, 4.69) is 10.3 Å². The summed E-state index contributed by atoms with van der Waals surface area (Å²) in [5.74, 6) is 2.77. The number of Topliss-reactive ketones (excluding diaryl/α,β-unsaturated/α-hetero) is 1. The highest BCUT2D eigenvalue weighted by Crippen LogP contribution is 2.44. The molecule has 5 rings (SSSR count). The number of hydrogen-bond donors (Lipinski definition) is 1. The fourth-order valence-electron chi connectivity index (χ4n) is 4.16. The van der Waals surface area contributed by atoms with Crippen LogP contribution >= 0.6 is 11.8 Å². The van der Waals surface area contributed by atoms with E-state index in [0.717, 1.165) is 35.4 Å². The molecule has 9 heteroatoms. The maximum Gasteiger partial charge on any atom is 0.227 e. The Morgan fingerprint density at radius 2 is 2.09 bits per heavy atom. The quantitative estimate of drug-likeness (QED) is 0.565. The van der Waals surface area contributed by atoms with Crippen molar-refractivity contribution in [2.45, 2.75) is 36.2 Å². The number of nitrogens with zero attached hydrogens (tertiary/aromatic N) is 4. The summed E-state index contributed by atoms with van der Waals surface area (Å²) >= 11 is 1.51. The predicted molar refractivity (Wildman–Crippen MR) is 121 cm³/mol. The van der Waals surface area contributed by atoms with Gasteiger partial charge < -0.3 is 14.8 Å². The monoisotopic (exact) mass is 449 g/mol. The maximum atomic E-state index is 13.0. The highest BCUT2D eigenvalue weighted by molar-refractivity contribution is 7.98. The first-order chi connectivity index (χ1) is 15.7. The number of allylic oxidation sites excluding steroid dienone is 2. The third-order valence-corrected chi connectivity index (χ3v) is 6.53. The van der Waals surface area contributed by atoms with Gasteiger partial charge in [-0.3, -0.25) is 9.78 Å². The molecule has 3 aromatic rings. The molecule has 1 N–H and O–H groups in total. The molecule has 1 aromatic carbocycles. The number of methoxy groups -OCH3 is 2. The van der Waals surface area contributed by atoms with Gasteiger partial charge in [0.05, 0.1) is 19.9 Å². The lowest BCUT2D eigenvalue weighted by Gasteiger charge is -2.32. The predicted octanol–water partition coefficient (Wildman–Crippen LogP) is 4.00. The molecule has 0 spiro atoms. The molecule has 3 heterocycles. The van der Waals surface area contributed by atoms with Crippen LogP contribution in [0.1, 0.15) is 36.6 Å². The van der Waals surface area contributed by atoms with Crippen molar-refractivity contribution < 1.29 is 14.3 Å². The molecule has 0 saturated carbocycles. The summed E-state index contributed by atoms with van der Waals surface area (Å²) in [5, 5.41) is 8.76. The highest BCUT2D eigenvalue weighted by Gasteiger charge is 2.38. The number of rotatable bonds is 6. The number of hydrogen-bond acceptors (Lipinski definition) is 8. The van der Waals surface area contributed by atoms with Gasteiger partial charge in [0.25, 0.3) is 0 Å². The number of anilines is 1. The fourth-order valence-corrected chi connectivity index (χ4v) is 4.90. The first-order valence-electron chi connectivity index (χ1n) is 10.4. The van der Waals surface area contributed by atoms with Gasteiger partial charge in [-0.2, -0.15) is 4.98 Å². The van der Waals surface area contributed by atoms with E-state index in [1.807, 2.05) is 36.4 Å². The number of ether oxygens (including phenoxy) is 2. The SMILES string of the molecule is COc1ccc(OC)c([C@@H]2C3=C(CCCC3=O)Nc3nc(SCc4ccccn4)nn32)c1. The summed E-state index contributed by atoms with van der Waals surface area (Å²) in [7, 11) is 3.25. The van der Waals surface area contributed by atoms with Gasteiger partial charge in [-0.05, 0) is 43.2 Å². The van der Waals surface area contributed by atoms with Crippen molar-refractivity contribution in [1.82, 2.24) is 19.7 Å². The highest BCUT2D eigenvalue weighted by atomic mass is 32.2. The summed E-state index contributed by atoms with van der Waals surface area (Å²) in [6.45, 7) is 0. The Balaban J connectivity index is 1.58. The summed E-state index contributed by atoms with van der Waals surface area (Å²) in [4.78, 5) is 22.1. The van der Waals surface area contributed by atoms with Crippen molar-refractivity contribution >= 4 is 23.5 Å². The average molecular weight is 450 g/mol. The molecule has 0 fully saturated rings. The van der Waals surface area contributed by atoms with E-state index in [1.165, 1.54) is 11.8 Å². The van der Waals surface area contributed by atoms with Crippen molar-refractivity contribution in [3.8, 4) is 11.5 Å². The summed E-state index contributed by atoms with van der Waals surface area (Å²) < 4.78 is 12.9. The van der Waals surface area contributed by atoms with E-state index in [1.54, 1.807) is 25.1 Å². The molecule has 32 heavy (non-hydrogen) atoms. The van der Waals surface area contributed by atoms with Crippen LogP contribution in [-0.4, -0.2) is 39.8 Å². The third kappa shape index (κ3) is 3.73. The Bertz CT molecular complexity index is 1190. The summed E-state index contributed by atoms with van der Waals surface area (Å²) in [5.41, 5.74) is 3.42. The molecular weight excluding hydrogens is 426 g/mol. The van der Waals surface area contributed by atoms with Gasteiger partial charge in [-0.25, -0.2) is 4.68 Å². The smallest absolute Gasteiger partial charge is 0.227 e. The molecule has 0 saturated heterocycles. The van der Waals surface area contributed by atoms with E-state index in [0.29, 0.717) is 34.8 Å². The van der Waals surface area contributed by atoms with Gasteiger partial charge in [0.2, 0.25) is 11.1 Å². The second-order valence-corrected chi connectivity index (χ2v) is 8.52. The number of ketones is 1. The van der Waals surface area contributed by atoms with Crippen LogP contribution < -0.4 is 14.8 Å². The first kappa shape index (κ1) is 20.6. The molecule has 1 aliphatic heterocycles. The molecule has 2 aliphatic rings. The minimum Gasteiger partial charge on any atom is -0.497 e. The van der Waals surface area contributed by atoms with Crippen LogP contribution in [0, 0.1) is 0 Å². The minimum atomic E-state index is -0.434. The maximum absolute atomic E-state index is 13.0. The normalized spacial score (nSPS) is 17.4. The number of benzene rings is 1. The number of thioether (sulfide) groups is 1. The Hall–Kier alpha value is -3.33. The van der Waals surface area contributed by atoms with Crippen LogP contribution in [0.4, 0.5) is 5.95 Å². The van der Waals surface area contributed by atoms with Crippen LogP contribution in [0.15, 0.2) is 59.0 Å². The van der Waals surface area contributed by atoms with Gasteiger partial charge in [0.15, 0.2) is 5.78 Å². The largest absolute Gasteiger partial charge is 0.497 e. The van der Waals surface area contributed by atoms with Gasteiger partial charge in [0.1, 0.15) is 17.5 Å². The zero-order valence-electron chi connectivity index (χ0n) is 17.9. The van der Waals surface area contributed by atoms with Crippen molar-refractivity contribution in [3.05, 3.63) is 65.1 Å². The van der Waals surface area contributed by atoms with E-state index in [-0.39, 0.29) is 5.78 Å². The Labute approximate surface area is 190 Å². The van der Waals surface area contributed by atoms with Crippen LogP contribution in [0.25, 0.3) is 0 Å². The van der Waals surface area contributed by atoms with Gasteiger partial charge >= 0.3 is 0 Å². The van der Waals surface area contributed by atoms with E-state index >= 15 is 0 Å². The average Bonchev–Trinajstić information content (AvgIpc) is 3.24. The number of carbonyl (C=O) groups is 1. The molecule has 1 atom stereocenters. The summed E-state index contributed by atoms with van der Waals surface area (Å²) in [6, 6.07) is 11.0. The van der Waals surface area contributed by atoms with E-state index in [4.69, 9.17) is 19.6 Å². The fraction of sp³-hybridized carbons (Fsp3) is 0.304. The molecule has 0 amide bonds. The van der Waals surface area contributed by atoms with E-state index in [9.17, 15) is 4.79 Å². The minimum absolute atomic E-state index is 0.123. The van der Waals surface area contributed by atoms with Gasteiger partial charge in [-0.1, -0.05) is 17.8 Å². The first-order valence-corrected chi connectivity index (χ1v) is 11.4. The number of fused-ring (bicyclic) bond motifs is 1. The van der Waals surface area contributed by atoms with Gasteiger partial charge in [0, 0.05) is 35.2 Å². The lowest BCUT2D eigenvalue weighted by atomic mass is 9.85. The standard InChI is InChI=1S/C23H23N5O3S/c1-30-15-9-10-19(31-2)16(12-15)21-20-17(7-5-8-18(20)29)25-22-26-23(27-28(21)22)32-13-14-6-3-4-11-24-14/h3-4,6,9-12,21H,5,7-8,13H2,1-2H3,(H,25,26,27)/t21-/m1/s1. The zero-order valence-corrected chi connectivity index (χ0v) is 18.7. The van der Waals surface area contributed by atoms with Crippen LogP contribution in [0.2, 0.25) is 0 Å². The number of carbonyl (C=O) groups excluding carboxylic acids is 1. The van der Waals surface area contributed by atoms with Crippen LogP contribution in [0.3, 0.4) is 0 Å². The topological polar surface area (TPSA) is 91.2 Å². The number of pyridine rings is 1. The molecule has 2 aromatic heterocycles. The third-order valence-electron chi connectivity index (χ3n) is 5.66. The zero-order chi connectivity index (χ0) is 22.1. The molecule has 1 aliphatic carbocycles.